The van der Waals surface area contributed by atoms with Crippen molar-refractivity contribution < 1.29 is 9.53 Å². The van der Waals surface area contributed by atoms with Crippen LogP contribution in [0, 0.1) is 5.92 Å². The van der Waals surface area contributed by atoms with E-state index < -0.39 is 0 Å². The van der Waals surface area contributed by atoms with E-state index in [2.05, 4.69) is 16.6 Å². The number of aromatic nitrogens is 2. The predicted octanol–water partition coefficient (Wildman–Crippen LogP) is 2.87. The number of ether oxygens (including phenoxy) is 1. The maximum absolute atomic E-state index is 12.2. The number of carbonyl (C=O) groups excluding carboxylic acids is 1. The zero-order valence-electron chi connectivity index (χ0n) is 13.8. The third-order valence-electron chi connectivity index (χ3n) is 4.77. The van der Waals surface area contributed by atoms with Crippen LogP contribution in [0.4, 0.5) is 0 Å². The number of rotatable bonds is 6. The van der Waals surface area contributed by atoms with Gasteiger partial charge in [0.2, 0.25) is 0 Å². The molecule has 1 saturated heterocycles. The van der Waals surface area contributed by atoms with Crippen LogP contribution in [0.1, 0.15) is 36.0 Å². The Morgan fingerprint density at radius 3 is 2.75 bits per heavy atom. The number of hydrogen-bond acceptors (Lipinski definition) is 3. The summed E-state index contributed by atoms with van der Waals surface area (Å²) in [6.07, 6.45) is 8.93. The molecule has 2 heterocycles. The number of nitrogens with zero attached hydrogens (tertiary/aromatic N) is 2. The summed E-state index contributed by atoms with van der Waals surface area (Å²) in [7, 11) is 0. The van der Waals surface area contributed by atoms with Gasteiger partial charge in [-0.05, 0) is 49.3 Å². The molecule has 2 fully saturated rings. The second-order valence-electron chi connectivity index (χ2n) is 6.82. The fourth-order valence-electron chi connectivity index (χ4n) is 3.11. The summed E-state index contributed by atoms with van der Waals surface area (Å²) < 4.78 is 7.55. The number of amides is 1. The van der Waals surface area contributed by atoms with Crippen molar-refractivity contribution in [3.8, 4) is 11.1 Å². The highest BCUT2D eigenvalue weighted by Gasteiger charge is 2.22. The number of nitrogens with one attached hydrogen (secondary N) is 1. The summed E-state index contributed by atoms with van der Waals surface area (Å²) in [4.78, 5) is 12.2. The summed E-state index contributed by atoms with van der Waals surface area (Å²) in [6.45, 7) is 2.42. The van der Waals surface area contributed by atoms with Gasteiger partial charge in [0.1, 0.15) is 0 Å². The molecule has 2 aliphatic rings. The van der Waals surface area contributed by atoms with Gasteiger partial charge in [-0.1, -0.05) is 12.1 Å². The monoisotopic (exact) mass is 325 g/mol. The molecule has 1 aliphatic heterocycles. The molecule has 0 bridgehead atoms. The quantitative estimate of drug-likeness (QED) is 0.888. The van der Waals surface area contributed by atoms with Gasteiger partial charge in [0.05, 0.1) is 12.3 Å². The van der Waals surface area contributed by atoms with Crippen LogP contribution in [0.2, 0.25) is 0 Å². The molecule has 1 amide bonds. The summed E-state index contributed by atoms with van der Waals surface area (Å²) in [5.41, 5.74) is 2.87. The zero-order chi connectivity index (χ0) is 16.4. The first kappa shape index (κ1) is 15.4. The largest absolute Gasteiger partial charge is 0.376 e. The molecule has 5 heteroatoms. The van der Waals surface area contributed by atoms with Crippen LogP contribution in [0.15, 0.2) is 36.7 Å². The molecular formula is C19H23N3O2. The van der Waals surface area contributed by atoms with E-state index in [1.165, 1.54) is 12.8 Å². The van der Waals surface area contributed by atoms with Crippen molar-refractivity contribution in [1.82, 2.24) is 15.1 Å². The highest BCUT2D eigenvalue weighted by Crippen LogP contribution is 2.31. The average molecular weight is 325 g/mol. The van der Waals surface area contributed by atoms with Crippen molar-refractivity contribution in [3.63, 3.8) is 0 Å². The molecule has 1 aromatic heterocycles. The van der Waals surface area contributed by atoms with Crippen LogP contribution < -0.4 is 5.32 Å². The van der Waals surface area contributed by atoms with Gasteiger partial charge in [-0.2, -0.15) is 5.10 Å². The normalized spacial score (nSPS) is 20.2. The Labute approximate surface area is 142 Å². The Kier molecular flexibility index (Phi) is 4.34. The molecule has 1 aliphatic carbocycles. The summed E-state index contributed by atoms with van der Waals surface area (Å²) in [5.74, 6) is 0.772. The Balaban J connectivity index is 1.36. The van der Waals surface area contributed by atoms with Crippen LogP contribution in [-0.2, 0) is 11.3 Å². The Morgan fingerprint density at radius 1 is 1.21 bits per heavy atom. The second kappa shape index (κ2) is 6.77. The van der Waals surface area contributed by atoms with Crippen molar-refractivity contribution >= 4 is 5.91 Å². The van der Waals surface area contributed by atoms with E-state index in [1.807, 2.05) is 35.1 Å². The summed E-state index contributed by atoms with van der Waals surface area (Å²) in [6, 6.07) is 7.72. The first-order chi connectivity index (χ1) is 11.8. The van der Waals surface area contributed by atoms with Gasteiger partial charge in [0.15, 0.2) is 0 Å². The fraction of sp³-hybridized carbons (Fsp3) is 0.474. The lowest BCUT2D eigenvalue weighted by atomic mass is 10.1. The van der Waals surface area contributed by atoms with E-state index in [9.17, 15) is 4.79 Å². The molecule has 1 aromatic carbocycles. The van der Waals surface area contributed by atoms with E-state index in [4.69, 9.17) is 4.74 Å². The minimum absolute atomic E-state index is 0.0403. The smallest absolute Gasteiger partial charge is 0.251 e. The molecule has 2 aromatic rings. The molecule has 1 atom stereocenters. The maximum atomic E-state index is 12.2. The van der Waals surface area contributed by atoms with Crippen molar-refractivity contribution in [2.75, 3.05) is 13.2 Å². The van der Waals surface area contributed by atoms with E-state index >= 15 is 0 Å². The van der Waals surface area contributed by atoms with Gasteiger partial charge >= 0.3 is 0 Å². The van der Waals surface area contributed by atoms with Crippen LogP contribution in [0.3, 0.4) is 0 Å². The molecule has 5 nitrogen and oxygen atoms in total. The summed E-state index contributed by atoms with van der Waals surface area (Å²) in [5, 5.41) is 7.38. The maximum Gasteiger partial charge on any atom is 0.251 e. The Hall–Kier alpha value is -2.14. The van der Waals surface area contributed by atoms with E-state index in [0.717, 1.165) is 43.0 Å². The Morgan fingerprint density at radius 2 is 2.04 bits per heavy atom. The van der Waals surface area contributed by atoms with Crippen LogP contribution in [0.25, 0.3) is 11.1 Å². The van der Waals surface area contributed by atoms with Crippen molar-refractivity contribution in [2.24, 2.45) is 5.92 Å². The molecule has 1 N–H and O–H groups in total. The minimum Gasteiger partial charge on any atom is -0.376 e. The molecule has 0 radical (unpaired) electrons. The van der Waals surface area contributed by atoms with Gasteiger partial charge in [-0.25, -0.2) is 0 Å². The number of carbonyl (C=O) groups is 1. The SMILES string of the molecule is O=C(NC[C@@H]1CCCO1)c1ccc(-c2cnn(CC3CC3)c2)cc1. The minimum atomic E-state index is -0.0403. The van der Waals surface area contributed by atoms with E-state index in [1.54, 1.807) is 0 Å². The molecule has 126 valence electrons. The lowest BCUT2D eigenvalue weighted by Gasteiger charge is -2.10. The topological polar surface area (TPSA) is 56.1 Å². The van der Waals surface area contributed by atoms with E-state index in [0.29, 0.717) is 12.1 Å². The number of hydrogen-bond donors (Lipinski definition) is 1. The average Bonchev–Trinajstić information content (AvgIpc) is 3.09. The van der Waals surface area contributed by atoms with Crippen LogP contribution in [-0.4, -0.2) is 34.9 Å². The van der Waals surface area contributed by atoms with Gasteiger partial charge in [0, 0.05) is 37.0 Å². The third kappa shape index (κ3) is 3.67. The lowest BCUT2D eigenvalue weighted by molar-refractivity contribution is 0.0858. The van der Waals surface area contributed by atoms with Gasteiger partial charge in [-0.3, -0.25) is 9.48 Å². The third-order valence-corrected chi connectivity index (χ3v) is 4.77. The molecule has 0 unspecified atom stereocenters. The zero-order valence-corrected chi connectivity index (χ0v) is 13.8. The molecule has 24 heavy (non-hydrogen) atoms. The Bertz CT molecular complexity index is 698. The standard InChI is InChI=1S/C19H23N3O2/c23-19(20-11-18-2-1-9-24-18)16-7-5-15(6-8-16)17-10-21-22(13-17)12-14-3-4-14/h5-8,10,13-14,18H,1-4,9,11-12H2,(H,20,23)/t18-/m0/s1. The van der Waals surface area contributed by atoms with Crippen LogP contribution >= 0.6 is 0 Å². The number of benzene rings is 1. The molecule has 1 saturated carbocycles. The van der Waals surface area contributed by atoms with Crippen LogP contribution in [0.5, 0.6) is 0 Å². The van der Waals surface area contributed by atoms with Crippen molar-refractivity contribution in [1.29, 1.82) is 0 Å². The first-order valence-electron chi connectivity index (χ1n) is 8.80. The van der Waals surface area contributed by atoms with E-state index in [-0.39, 0.29) is 12.0 Å². The highest BCUT2D eigenvalue weighted by molar-refractivity contribution is 5.94. The highest BCUT2D eigenvalue weighted by atomic mass is 16.5. The van der Waals surface area contributed by atoms with Gasteiger partial charge in [-0.15, -0.1) is 0 Å². The molecule has 4 rings (SSSR count). The molecule has 0 spiro atoms. The second-order valence-corrected chi connectivity index (χ2v) is 6.82. The summed E-state index contributed by atoms with van der Waals surface area (Å²) >= 11 is 0. The lowest BCUT2D eigenvalue weighted by Crippen LogP contribution is -2.31. The van der Waals surface area contributed by atoms with Crippen molar-refractivity contribution in [3.05, 3.63) is 42.2 Å². The first-order valence-corrected chi connectivity index (χ1v) is 8.80. The predicted molar refractivity (Wildman–Crippen MR) is 91.7 cm³/mol. The van der Waals surface area contributed by atoms with Gasteiger partial charge in [0.25, 0.3) is 5.91 Å². The van der Waals surface area contributed by atoms with Gasteiger partial charge < -0.3 is 10.1 Å². The fourth-order valence-corrected chi connectivity index (χ4v) is 3.11. The van der Waals surface area contributed by atoms with Crippen molar-refractivity contribution in [2.45, 2.75) is 38.3 Å². The molecular weight excluding hydrogens is 302 g/mol.